The lowest BCUT2D eigenvalue weighted by Gasteiger charge is -2.32. The average Bonchev–Trinajstić information content (AvgIpc) is 2.63. The molecule has 2 heterocycles. The quantitative estimate of drug-likeness (QED) is 0.595. The number of carbonyl (C=O) groups is 2. The molecule has 0 amide bonds. The predicted octanol–water partition coefficient (Wildman–Crippen LogP) is 4.02. The SMILES string of the molecule is CC(=O)Oc1ccc(OC(C)=O)c(C2CCCCO2)c1C1CCCCO1. The number of ether oxygens (including phenoxy) is 4. The Morgan fingerprint density at radius 2 is 1.23 bits per heavy atom. The fraction of sp³-hybridized carbons (Fsp3) is 0.600. The van der Waals surface area contributed by atoms with E-state index in [9.17, 15) is 9.59 Å². The topological polar surface area (TPSA) is 71.1 Å². The van der Waals surface area contributed by atoms with Gasteiger partial charge in [-0.3, -0.25) is 9.59 Å². The van der Waals surface area contributed by atoms with E-state index in [-0.39, 0.29) is 12.2 Å². The second-order valence-corrected chi connectivity index (χ2v) is 6.79. The molecule has 2 atom stereocenters. The lowest BCUT2D eigenvalue weighted by atomic mass is 9.89. The molecule has 2 unspecified atom stereocenters. The van der Waals surface area contributed by atoms with Crippen molar-refractivity contribution in [1.29, 1.82) is 0 Å². The van der Waals surface area contributed by atoms with E-state index in [2.05, 4.69) is 0 Å². The highest BCUT2D eigenvalue weighted by atomic mass is 16.5. The summed E-state index contributed by atoms with van der Waals surface area (Å²) in [5.41, 5.74) is 1.57. The van der Waals surface area contributed by atoms with Gasteiger partial charge in [-0.05, 0) is 50.7 Å². The van der Waals surface area contributed by atoms with Crippen molar-refractivity contribution >= 4 is 11.9 Å². The average molecular weight is 362 g/mol. The summed E-state index contributed by atoms with van der Waals surface area (Å²) in [5.74, 6) is 0.143. The van der Waals surface area contributed by atoms with Gasteiger partial charge in [-0.25, -0.2) is 0 Å². The zero-order chi connectivity index (χ0) is 18.5. The zero-order valence-corrected chi connectivity index (χ0v) is 15.4. The zero-order valence-electron chi connectivity index (χ0n) is 15.4. The molecule has 0 radical (unpaired) electrons. The van der Waals surface area contributed by atoms with Gasteiger partial charge in [0.2, 0.25) is 0 Å². The molecule has 6 heteroatoms. The Labute approximate surface area is 153 Å². The van der Waals surface area contributed by atoms with Gasteiger partial charge < -0.3 is 18.9 Å². The molecule has 0 N–H and O–H groups in total. The second-order valence-electron chi connectivity index (χ2n) is 6.79. The molecular weight excluding hydrogens is 336 g/mol. The minimum atomic E-state index is -0.391. The van der Waals surface area contributed by atoms with Crippen LogP contribution in [0.4, 0.5) is 0 Å². The van der Waals surface area contributed by atoms with Gasteiger partial charge in [0.05, 0.1) is 12.2 Å². The first kappa shape index (κ1) is 18.9. The Hall–Kier alpha value is -1.92. The van der Waals surface area contributed by atoms with Crippen molar-refractivity contribution in [2.75, 3.05) is 13.2 Å². The van der Waals surface area contributed by atoms with Crippen LogP contribution in [0.5, 0.6) is 11.5 Å². The molecule has 2 saturated heterocycles. The number of rotatable bonds is 4. The maximum atomic E-state index is 11.6. The fourth-order valence-corrected chi connectivity index (χ4v) is 3.69. The Balaban J connectivity index is 2.11. The van der Waals surface area contributed by atoms with Crippen molar-refractivity contribution in [3.05, 3.63) is 23.3 Å². The standard InChI is InChI=1S/C20H26O6/c1-13(21)25-17-9-10-18(26-14(2)22)20(16-8-4-6-12-24-16)19(17)15-7-3-5-11-23-15/h9-10,15-16H,3-8,11-12H2,1-2H3. The van der Waals surface area contributed by atoms with Crippen LogP contribution in [-0.4, -0.2) is 25.2 Å². The van der Waals surface area contributed by atoms with E-state index >= 15 is 0 Å². The Morgan fingerprint density at radius 1 is 0.808 bits per heavy atom. The Morgan fingerprint density at radius 3 is 1.54 bits per heavy atom. The van der Waals surface area contributed by atoms with Gasteiger partial charge in [0, 0.05) is 38.2 Å². The van der Waals surface area contributed by atoms with Gasteiger partial charge in [-0.2, -0.15) is 0 Å². The first-order valence-corrected chi connectivity index (χ1v) is 9.33. The summed E-state index contributed by atoms with van der Waals surface area (Å²) < 4.78 is 22.9. The molecule has 0 saturated carbocycles. The molecule has 26 heavy (non-hydrogen) atoms. The van der Waals surface area contributed by atoms with Crippen molar-refractivity contribution in [2.45, 2.75) is 64.6 Å². The molecule has 0 aromatic heterocycles. The minimum Gasteiger partial charge on any atom is -0.426 e. The predicted molar refractivity (Wildman–Crippen MR) is 94.1 cm³/mol. The molecular formula is C20H26O6. The normalized spacial score (nSPS) is 23.3. The molecule has 0 spiro atoms. The summed E-state index contributed by atoms with van der Waals surface area (Å²) in [6.45, 7) is 4.07. The van der Waals surface area contributed by atoms with Crippen LogP contribution in [0.25, 0.3) is 0 Å². The van der Waals surface area contributed by atoms with Gasteiger partial charge in [0.15, 0.2) is 0 Å². The summed E-state index contributed by atoms with van der Waals surface area (Å²) in [6, 6.07) is 3.36. The van der Waals surface area contributed by atoms with Crippen LogP contribution in [0.3, 0.4) is 0 Å². The molecule has 1 aromatic carbocycles. The number of esters is 2. The molecule has 0 bridgehead atoms. The lowest BCUT2D eigenvalue weighted by molar-refractivity contribution is -0.133. The second kappa shape index (κ2) is 8.64. The maximum Gasteiger partial charge on any atom is 0.308 e. The Bertz CT molecular complexity index is 600. The van der Waals surface area contributed by atoms with Gasteiger partial charge in [-0.15, -0.1) is 0 Å². The molecule has 2 fully saturated rings. The van der Waals surface area contributed by atoms with E-state index in [0.29, 0.717) is 24.7 Å². The number of benzene rings is 1. The third-order valence-electron chi connectivity index (χ3n) is 4.72. The molecule has 3 rings (SSSR count). The lowest BCUT2D eigenvalue weighted by Crippen LogP contribution is -2.21. The molecule has 142 valence electrons. The Kier molecular flexibility index (Phi) is 6.27. The molecule has 6 nitrogen and oxygen atoms in total. The van der Waals surface area contributed by atoms with Crippen LogP contribution >= 0.6 is 0 Å². The van der Waals surface area contributed by atoms with Crippen LogP contribution in [0, 0.1) is 0 Å². The summed E-state index contributed by atoms with van der Waals surface area (Å²) in [5, 5.41) is 0. The van der Waals surface area contributed by atoms with Gasteiger partial charge in [-0.1, -0.05) is 0 Å². The van der Waals surface area contributed by atoms with Crippen molar-refractivity contribution in [3.63, 3.8) is 0 Å². The fourth-order valence-electron chi connectivity index (χ4n) is 3.69. The molecule has 1 aromatic rings. The van der Waals surface area contributed by atoms with Crippen molar-refractivity contribution in [3.8, 4) is 11.5 Å². The number of hydrogen-bond donors (Lipinski definition) is 0. The van der Waals surface area contributed by atoms with Crippen molar-refractivity contribution in [2.24, 2.45) is 0 Å². The van der Waals surface area contributed by atoms with Crippen LogP contribution in [0.1, 0.15) is 75.7 Å². The number of carbonyl (C=O) groups excluding carboxylic acids is 2. The highest BCUT2D eigenvalue weighted by molar-refractivity contribution is 5.72. The van der Waals surface area contributed by atoms with Gasteiger partial charge in [0.25, 0.3) is 0 Å². The van der Waals surface area contributed by atoms with Crippen molar-refractivity contribution in [1.82, 2.24) is 0 Å². The highest BCUT2D eigenvalue weighted by Gasteiger charge is 2.32. The maximum absolute atomic E-state index is 11.6. The first-order valence-electron chi connectivity index (χ1n) is 9.33. The van der Waals surface area contributed by atoms with E-state index in [0.717, 1.165) is 49.7 Å². The molecule has 2 aliphatic rings. The van der Waals surface area contributed by atoms with E-state index < -0.39 is 11.9 Å². The van der Waals surface area contributed by atoms with E-state index in [1.807, 2.05) is 0 Å². The van der Waals surface area contributed by atoms with E-state index in [1.165, 1.54) is 13.8 Å². The summed E-state index contributed by atoms with van der Waals surface area (Å²) in [4.78, 5) is 23.2. The monoisotopic (exact) mass is 362 g/mol. The first-order chi connectivity index (χ1) is 12.6. The summed E-state index contributed by atoms with van der Waals surface area (Å²) >= 11 is 0. The highest BCUT2D eigenvalue weighted by Crippen LogP contribution is 2.46. The number of hydrogen-bond acceptors (Lipinski definition) is 6. The summed E-state index contributed by atoms with van der Waals surface area (Å²) in [7, 11) is 0. The smallest absolute Gasteiger partial charge is 0.308 e. The van der Waals surface area contributed by atoms with Crippen LogP contribution < -0.4 is 9.47 Å². The van der Waals surface area contributed by atoms with Crippen LogP contribution in [0.2, 0.25) is 0 Å². The summed E-state index contributed by atoms with van der Waals surface area (Å²) in [6.07, 6.45) is 5.36. The third kappa shape index (κ3) is 4.43. The largest absolute Gasteiger partial charge is 0.426 e. The third-order valence-corrected chi connectivity index (χ3v) is 4.72. The van der Waals surface area contributed by atoms with Crippen LogP contribution in [0.15, 0.2) is 12.1 Å². The van der Waals surface area contributed by atoms with Gasteiger partial charge >= 0.3 is 11.9 Å². The van der Waals surface area contributed by atoms with Crippen molar-refractivity contribution < 1.29 is 28.5 Å². The van der Waals surface area contributed by atoms with Crippen LogP contribution in [-0.2, 0) is 19.1 Å². The van der Waals surface area contributed by atoms with E-state index in [1.54, 1.807) is 12.1 Å². The molecule has 0 aliphatic carbocycles. The van der Waals surface area contributed by atoms with E-state index in [4.69, 9.17) is 18.9 Å². The van der Waals surface area contributed by atoms with Gasteiger partial charge in [0.1, 0.15) is 11.5 Å². The minimum absolute atomic E-state index is 0.200. The molecule has 2 aliphatic heterocycles.